The lowest BCUT2D eigenvalue weighted by atomic mass is 10.1. The molecule has 0 amide bonds. The Labute approximate surface area is 233 Å². The first kappa shape index (κ1) is 31.9. The fraction of sp³-hybridized carbons (Fsp3) is 0.667. The monoisotopic (exact) mass is 544 g/mol. The van der Waals surface area contributed by atoms with E-state index in [2.05, 4.69) is 53.2 Å². The van der Waals surface area contributed by atoms with Gasteiger partial charge in [-0.25, -0.2) is 19.4 Å². The van der Waals surface area contributed by atoms with E-state index in [1.807, 2.05) is 6.26 Å². The first-order valence-electron chi connectivity index (χ1n) is 14.5. The third-order valence-corrected chi connectivity index (χ3v) is 6.85. The zero-order chi connectivity index (χ0) is 27.4. The van der Waals surface area contributed by atoms with Gasteiger partial charge in [-0.2, -0.15) is 5.10 Å². The van der Waals surface area contributed by atoms with E-state index >= 15 is 0 Å². The molecular formula is C30H48N4O3S. The first-order valence-corrected chi connectivity index (χ1v) is 15.7. The highest BCUT2D eigenvalue weighted by Gasteiger charge is 2.23. The Bertz CT molecular complexity index is 1000. The highest BCUT2D eigenvalue weighted by molar-refractivity contribution is 7.98. The predicted molar refractivity (Wildman–Crippen MR) is 158 cm³/mol. The van der Waals surface area contributed by atoms with Gasteiger partial charge in [0, 0.05) is 7.05 Å². The quantitative estimate of drug-likeness (QED) is 0.0515. The molecule has 38 heavy (non-hydrogen) atoms. The van der Waals surface area contributed by atoms with Crippen molar-refractivity contribution in [3.8, 4) is 5.88 Å². The van der Waals surface area contributed by atoms with Crippen LogP contribution in [0.15, 0.2) is 29.5 Å². The van der Waals surface area contributed by atoms with Crippen molar-refractivity contribution in [2.75, 3.05) is 19.5 Å². The number of hydrogen-bond donors (Lipinski definition) is 0. The summed E-state index contributed by atoms with van der Waals surface area (Å²) >= 11 is 1.38. The summed E-state index contributed by atoms with van der Waals surface area (Å²) in [5.41, 5.74) is 1.20. The average Bonchev–Trinajstić information content (AvgIpc) is 3.24. The van der Waals surface area contributed by atoms with E-state index in [0.29, 0.717) is 35.3 Å². The molecule has 0 N–H and O–H groups in total. The first-order chi connectivity index (χ1) is 18.6. The van der Waals surface area contributed by atoms with Gasteiger partial charge in [0.2, 0.25) is 5.88 Å². The number of unbranched alkanes of at least 4 members (excludes halogenated alkanes) is 10. The molecular weight excluding hydrogens is 496 g/mol. The number of ether oxygens (including phenoxy) is 2. The maximum absolute atomic E-state index is 12.6. The molecule has 0 aromatic carbocycles. The predicted octanol–water partition coefficient (Wildman–Crippen LogP) is 8.23. The van der Waals surface area contributed by atoms with Gasteiger partial charge in [0.25, 0.3) is 0 Å². The van der Waals surface area contributed by atoms with Crippen LogP contribution in [0.5, 0.6) is 5.88 Å². The van der Waals surface area contributed by atoms with Crippen LogP contribution in [-0.2, 0) is 11.8 Å². The number of carbonyl (C=O) groups excluding carboxylic acids is 1. The number of nitrogens with zero attached hydrogens (tertiary/aromatic N) is 4. The van der Waals surface area contributed by atoms with Crippen LogP contribution < -0.4 is 4.74 Å². The summed E-state index contributed by atoms with van der Waals surface area (Å²) in [6.07, 6.45) is 27.4. The fourth-order valence-electron chi connectivity index (χ4n) is 4.06. The molecule has 0 aliphatic carbocycles. The Kier molecular flexibility index (Phi) is 16.5. The second kappa shape index (κ2) is 19.7. The van der Waals surface area contributed by atoms with Crippen LogP contribution >= 0.6 is 11.8 Å². The highest BCUT2D eigenvalue weighted by Crippen LogP contribution is 2.28. The van der Waals surface area contributed by atoms with E-state index in [-0.39, 0.29) is 5.69 Å². The van der Waals surface area contributed by atoms with Crippen LogP contribution in [-0.4, -0.2) is 45.2 Å². The third-order valence-electron chi connectivity index (χ3n) is 6.30. The molecule has 0 unspecified atom stereocenters. The van der Waals surface area contributed by atoms with E-state index in [9.17, 15) is 4.79 Å². The van der Waals surface area contributed by atoms with E-state index in [1.54, 1.807) is 11.7 Å². The molecule has 0 bridgehead atoms. The van der Waals surface area contributed by atoms with Crippen molar-refractivity contribution in [1.82, 2.24) is 19.7 Å². The molecule has 0 aliphatic heterocycles. The van der Waals surface area contributed by atoms with Crippen molar-refractivity contribution in [3.63, 3.8) is 0 Å². The third kappa shape index (κ3) is 11.6. The van der Waals surface area contributed by atoms with Crippen molar-refractivity contribution in [2.45, 2.75) is 109 Å². The van der Waals surface area contributed by atoms with E-state index in [4.69, 9.17) is 9.47 Å². The van der Waals surface area contributed by atoms with Crippen LogP contribution in [0.25, 0.3) is 11.0 Å². The fourth-order valence-corrected chi connectivity index (χ4v) is 4.42. The molecule has 0 atom stereocenters. The van der Waals surface area contributed by atoms with Crippen LogP contribution in [0.1, 0.15) is 114 Å². The molecule has 0 aliphatic rings. The SMILES string of the molecule is CCCCCC=CCC=CCCCCCCCCOc1c2nc(SC)nc(C(=O)OCCCC)c2nn1C. The minimum absolute atomic E-state index is 0.203. The van der Waals surface area contributed by atoms with E-state index in [1.165, 1.54) is 69.5 Å². The number of aryl methyl sites for hydroxylation is 1. The molecule has 2 heterocycles. The Morgan fingerprint density at radius 3 is 2.16 bits per heavy atom. The largest absolute Gasteiger partial charge is 0.476 e. The molecule has 0 spiro atoms. The molecule has 0 radical (unpaired) electrons. The lowest BCUT2D eigenvalue weighted by Gasteiger charge is -2.07. The lowest BCUT2D eigenvalue weighted by molar-refractivity contribution is 0.0494. The van der Waals surface area contributed by atoms with Crippen LogP contribution in [0.2, 0.25) is 0 Å². The minimum atomic E-state index is -0.462. The summed E-state index contributed by atoms with van der Waals surface area (Å²) in [4.78, 5) is 21.6. The molecule has 2 aromatic rings. The van der Waals surface area contributed by atoms with Crippen LogP contribution in [0, 0.1) is 0 Å². The molecule has 2 rings (SSSR count). The summed E-state index contributed by atoms with van der Waals surface area (Å²) in [6, 6.07) is 0. The maximum atomic E-state index is 12.6. The van der Waals surface area contributed by atoms with Crippen molar-refractivity contribution in [2.24, 2.45) is 7.05 Å². The lowest BCUT2D eigenvalue weighted by Crippen LogP contribution is -2.10. The number of esters is 1. The molecule has 7 nitrogen and oxygen atoms in total. The standard InChI is InChI=1S/C30H48N4O3S/c1-5-7-9-10-11-12-13-14-15-16-17-18-19-20-21-22-24-36-28-26-25(33-34(28)3)27(32-30(31-26)38-4)29(35)37-23-8-6-2/h11-12,14-15H,5-10,13,16-24H2,1-4H3. The average molecular weight is 545 g/mol. The Morgan fingerprint density at radius 1 is 0.816 bits per heavy atom. The number of rotatable bonds is 21. The Balaban J connectivity index is 1.68. The van der Waals surface area contributed by atoms with Gasteiger partial charge >= 0.3 is 5.97 Å². The van der Waals surface area contributed by atoms with Crippen molar-refractivity contribution in [1.29, 1.82) is 0 Å². The van der Waals surface area contributed by atoms with Crippen LogP contribution in [0.3, 0.4) is 0 Å². The van der Waals surface area contributed by atoms with E-state index in [0.717, 1.165) is 32.1 Å². The summed E-state index contributed by atoms with van der Waals surface area (Å²) in [5, 5.41) is 4.99. The van der Waals surface area contributed by atoms with Crippen LogP contribution in [0.4, 0.5) is 0 Å². The van der Waals surface area contributed by atoms with E-state index < -0.39 is 5.97 Å². The van der Waals surface area contributed by atoms with Gasteiger partial charge < -0.3 is 9.47 Å². The molecule has 0 fully saturated rings. The maximum Gasteiger partial charge on any atom is 0.359 e. The van der Waals surface area contributed by atoms with Crippen molar-refractivity contribution >= 4 is 28.8 Å². The number of hydrogen-bond acceptors (Lipinski definition) is 7. The zero-order valence-corrected chi connectivity index (χ0v) is 24.9. The Morgan fingerprint density at radius 2 is 1.47 bits per heavy atom. The van der Waals surface area contributed by atoms with Gasteiger partial charge in [-0.05, 0) is 51.2 Å². The van der Waals surface area contributed by atoms with Gasteiger partial charge in [0.15, 0.2) is 16.4 Å². The van der Waals surface area contributed by atoms with Gasteiger partial charge in [0.05, 0.1) is 13.2 Å². The number of thioether (sulfide) groups is 1. The topological polar surface area (TPSA) is 79.1 Å². The summed E-state index contributed by atoms with van der Waals surface area (Å²) in [7, 11) is 1.81. The van der Waals surface area contributed by atoms with Crippen molar-refractivity contribution < 1.29 is 14.3 Å². The number of allylic oxidation sites excluding steroid dienone is 4. The molecule has 0 saturated carbocycles. The second-order valence-electron chi connectivity index (χ2n) is 9.61. The second-order valence-corrected chi connectivity index (χ2v) is 10.4. The number of fused-ring (bicyclic) bond motifs is 1. The number of carbonyl (C=O) groups is 1. The summed E-state index contributed by atoms with van der Waals surface area (Å²) in [6.45, 7) is 5.27. The normalized spacial score (nSPS) is 11.8. The van der Waals surface area contributed by atoms with Gasteiger partial charge in [-0.3, -0.25) is 0 Å². The van der Waals surface area contributed by atoms with Crippen molar-refractivity contribution in [3.05, 3.63) is 30.0 Å². The molecule has 0 saturated heterocycles. The molecule has 2 aromatic heterocycles. The van der Waals surface area contributed by atoms with Gasteiger partial charge in [-0.1, -0.05) is 94.9 Å². The summed E-state index contributed by atoms with van der Waals surface area (Å²) < 4.78 is 13.1. The highest BCUT2D eigenvalue weighted by atomic mass is 32.2. The summed E-state index contributed by atoms with van der Waals surface area (Å²) in [5.74, 6) is 0.110. The number of aromatic nitrogens is 4. The van der Waals surface area contributed by atoms with Gasteiger partial charge in [0.1, 0.15) is 5.52 Å². The molecule has 212 valence electrons. The Hall–Kier alpha value is -2.35. The molecule has 8 heteroatoms. The zero-order valence-electron chi connectivity index (χ0n) is 24.0. The smallest absolute Gasteiger partial charge is 0.359 e. The van der Waals surface area contributed by atoms with Gasteiger partial charge in [-0.15, -0.1) is 0 Å². The minimum Gasteiger partial charge on any atom is -0.476 e.